The average Bonchev–Trinajstić information content (AvgIpc) is 3.34. The fraction of sp³-hybridized carbons (Fsp3) is 0.833. The molecule has 1 aliphatic carbocycles. The van der Waals surface area contributed by atoms with Crippen molar-refractivity contribution >= 4 is 5.91 Å². The van der Waals surface area contributed by atoms with E-state index in [1.54, 1.807) is 7.11 Å². The van der Waals surface area contributed by atoms with Crippen molar-refractivity contribution in [2.24, 2.45) is 5.41 Å². The summed E-state index contributed by atoms with van der Waals surface area (Å²) in [6, 6.07) is 0.493. The molecule has 1 aromatic heterocycles. The van der Waals surface area contributed by atoms with E-state index < -0.39 is 0 Å². The number of ether oxygens (including phenoxy) is 1. The number of hydrogen-bond acceptors (Lipinski definition) is 6. The lowest BCUT2D eigenvalue weighted by Gasteiger charge is -2.42. The highest BCUT2D eigenvalue weighted by Gasteiger charge is 2.49. The normalized spacial score (nSPS) is 28.5. The summed E-state index contributed by atoms with van der Waals surface area (Å²) in [5.41, 5.74) is -0.181. The molecule has 1 aromatic rings. The van der Waals surface area contributed by atoms with E-state index in [4.69, 9.17) is 9.26 Å². The van der Waals surface area contributed by atoms with Gasteiger partial charge in [0, 0.05) is 26.2 Å². The van der Waals surface area contributed by atoms with Crippen LogP contribution in [0, 0.1) is 5.41 Å². The Hall–Kier alpha value is -1.47. The van der Waals surface area contributed by atoms with Crippen LogP contribution in [0.15, 0.2) is 4.52 Å². The Bertz CT molecular complexity index is 613. The second-order valence-electron chi connectivity index (χ2n) is 7.82. The van der Waals surface area contributed by atoms with Crippen LogP contribution in [0.1, 0.15) is 56.7 Å². The Balaban J connectivity index is 1.40. The van der Waals surface area contributed by atoms with Gasteiger partial charge in [-0.25, -0.2) is 0 Å². The Kier molecular flexibility index (Phi) is 4.78. The second kappa shape index (κ2) is 7.03. The molecule has 0 N–H and O–H groups in total. The number of rotatable bonds is 5. The van der Waals surface area contributed by atoms with Gasteiger partial charge in [0.05, 0.1) is 12.0 Å². The van der Waals surface area contributed by atoms with Gasteiger partial charge in [0.2, 0.25) is 5.91 Å². The third-order valence-corrected chi connectivity index (χ3v) is 6.11. The van der Waals surface area contributed by atoms with Gasteiger partial charge in [-0.05, 0) is 38.6 Å². The fourth-order valence-electron chi connectivity index (χ4n) is 4.87. The minimum atomic E-state index is -0.181. The monoisotopic (exact) mass is 348 g/mol. The maximum Gasteiger partial charge on any atom is 0.252 e. The summed E-state index contributed by atoms with van der Waals surface area (Å²) in [6.45, 7) is 3.69. The number of carbonyl (C=O) groups is 1. The summed E-state index contributed by atoms with van der Waals surface area (Å²) in [5.74, 6) is 1.59. The minimum absolute atomic E-state index is 0.181. The maximum atomic E-state index is 13.3. The Morgan fingerprint density at radius 3 is 2.88 bits per heavy atom. The fourth-order valence-corrected chi connectivity index (χ4v) is 4.87. The minimum Gasteiger partial charge on any atom is -0.375 e. The molecule has 1 amide bonds. The first-order chi connectivity index (χ1) is 12.2. The van der Waals surface area contributed by atoms with Crippen molar-refractivity contribution in [3.8, 4) is 0 Å². The molecule has 0 aromatic carbocycles. The third-order valence-electron chi connectivity index (χ3n) is 6.11. The molecule has 1 spiro atoms. The summed E-state index contributed by atoms with van der Waals surface area (Å²) in [6.07, 6.45) is 8.04. The molecule has 2 aliphatic heterocycles. The molecule has 3 aliphatic rings. The molecule has 7 nitrogen and oxygen atoms in total. The molecule has 25 heavy (non-hydrogen) atoms. The molecule has 3 fully saturated rings. The Labute approximate surface area is 148 Å². The molecule has 138 valence electrons. The zero-order valence-electron chi connectivity index (χ0n) is 15.1. The van der Waals surface area contributed by atoms with Gasteiger partial charge in [0.1, 0.15) is 6.61 Å². The first kappa shape index (κ1) is 17.0. The summed E-state index contributed by atoms with van der Waals surface area (Å²) in [5, 5.41) is 4.03. The molecule has 1 saturated carbocycles. The highest BCUT2D eigenvalue weighted by atomic mass is 16.5. The quantitative estimate of drug-likeness (QED) is 0.810. The first-order valence-corrected chi connectivity index (χ1v) is 9.54. The number of carbonyl (C=O) groups excluding carboxylic acids is 1. The number of amides is 1. The van der Waals surface area contributed by atoms with Crippen molar-refractivity contribution in [3.63, 3.8) is 0 Å². The van der Waals surface area contributed by atoms with Crippen LogP contribution in [0.4, 0.5) is 0 Å². The highest BCUT2D eigenvalue weighted by molar-refractivity contribution is 5.84. The van der Waals surface area contributed by atoms with Crippen LogP contribution < -0.4 is 0 Å². The lowest BCUT2D eigenvalue weighted by Crippen LogP contribution is -2.53. The zero-order chi connectivity index (χ0) is 17.3. The lowest BCUT2D eigenvalue weighted by atomic mass is 9.77. The molecule has 3 heterocycles. The third kappa shape index (κ3) is 3.31. The van der Waals surface area contributed by atoms with Crippen LogP contribution in [-0.4, -0.2) is 58.6 Å². The highest BCUT2D eigenvalue weighted by Crippen LogP contribution is 2.42. The zero-order valence-corrected chi connectivity index (χ0v) is 15.1. The van der Waals surface area contributed by atoms with Gasteiger partial charge in [0.25, 0.3) is 5.89 Å². The van der Waals surface area contributed by atoms with Crippen molar-refractivity contribution in [2.45, 2.75) is 64.1 Å². The molecular weight excluding hydrogens is 320 g/mol. The number of methoxy groups -OCH3 is 1. The largest absolute Gasteiger partial charge is 0.375 e. The van der Waals surface area contributed by atoms with Gasteiger partial charge in [0.15, 0.2) is 5.82 Å². The van der Waals surface area contributed by atoms with Gasteiger partial charge in [-0.2, -0.15) is 4.98 Å². The topological polar surface area (TPSA) is 71.7 Å². The molecular formula is C18H28N4O3. The van der Waals surface area contributed by atoms with Crippen LogP contribution in [0.2, 0.25) is 0 Å². The van der Waals surface area contributed by atoms with Gasteiger partial charge in [-0.3, -0.25) is 9.69 Å². The predicted octanol–water partition coefficient (Wildman–Crippen LogP) is 1.97. The predicted molar refractivity (Wildman–Crippen MR) is 90.5 cm³/mol. The van der Waals surface area contributed by atoms with Crippen molar-refractivity contribution in [3.05, 3.63) is 11.7 Å². The van der Waals surface area contributed by atoms with Gasteiger partial charge < -0.3 is 14.2 Å². The van der Waals surface area contributed by atoms with E-state index in [-0.39, 0.29) is 5.41 Å². The smallest absolute Gasteiger partial charge is 0.252 e. The number of likely N-dealkylation sites (tertiary alicyclic amines) is 2. The van der Waals surface area contributed by atoms with E-state index >= 15 is 0 Å². The summed E-state index contributed by atoms with van der Waals surface area (Å²) in [7, 11) is 1.61. The Morgan fingerprint density at radius 1 is 1.24 bits per heavy atom. The standard InChI is InChI=1S/C18H28N4O3/c1-24-12-16-19-15(20-25-16)11-21-10-8-18(13-21)7-4-9-22(17(18)23)14-5-2-3-6-14/h14H,2-13H2,1H3/t18-/m0/s1. The SMILES string of the molecule is COCc1nc(CN2CC[C@@]3(CCCN(C4CCCC4)C3=O)C2)no1. The summed E-state index contributed by atoms with van der Waals surface area (Å²) < 4.78 is 10.2. The molecule has 0 radical (unpaired) electrons. The molecule has 7 heteroatoms. The summed E-state index contributed by atoms with van der Waals surface area (Å²) in [4.78, 5) is 22.1. The first-order valence-electron chi connectivity index (χ1n) is 9.54. The molecule has 0 bridgehead atoms. The number of piperidine rings is 1. The van der Waals surface area contributed by atoms with Gasteiger partial charge in [-0.1, -0.05) is 18.0 Å². The maximum absolute atomic E-state index is 13.3. The molecule has 4 rings (SSSR count). The number of nitrogens with zero attached hydrogens (tertiary/aromatic N) is 4. The molecule has 0 unspecified atom stereocenters. The van der Waals surface area contributed by atoms with E-state index in [1.165, 1.54) is 25.7 Å². The van der Waals surface area contributed by atoms with E-state index in [2.05, 4.69) is 19.9 Å². The second-order valence-corrected chi connectivity index (χ2v) is 7.82. The summed E-state index contributed by atoms with van der Waals surface area (Å²) >= 11 is 0. The van der Waals surface area contributed by atoms with Crippen LogP contribution >= 0.6 is 0 Å². The number of aromatic nitrogens is 2. The average molecular weight is 348 g/mol. The van der Waals surface area contributed by atoms with Crippen LogP contribution in [0.25, 0.3) is 0 Å². The lowest BCUT2D eigenvalue weighted by molar-refractivity contribution is -0.148. The van der Waals surface area contributed by atoms with Crippen LogP contribution in [0.3, 0.4) is 0 Å². The van der Waals surface area contributed by atoms with Crippen molar-refractivity contribution in [1.82, 2.24) is 19.9 Å². The number of hydrogen-bond donors (Lipinski definition) is 0. The van der Waals surface area contributed by atoms with Gasteiger partial charge >= 0.3 is 0 Å². The van der Waals surface area contributed by atoms with E-state index in [9.17, 15) is 4.79 Å². The van der Waals surface area contributed by atoms with E-state index in [1.807, 2.05) is 0 Å². The van der Waals surface area contributed by atoms with E-state index in [0.29, 0.717) is 36.8 Å². The van der Waals surface area contributed by atoms with Crippen LogP contribution in [0.5, 0.6) is 0 Å². The van der Waals surface area contributed by atoms with Crippen molar-refractivity contribution < 1.29 is 14.1 Å². The molecule has 1 atom stereocenters. The van der Waals surface area contributed by atoms with Crippen LogP contribution in [-0.2, 0) is 22.7 Å². The molecule has 2 saturated heterocycles. The van der Waals surface area contributed by atoms with Crippen molar-refractivity contribution in [1.29, 1.82) is 0 Å². The van der Waals surface area contributed by atoms with E-state index in [0.717, 1.165) is 38.9 Å². The van der Waals surface area contributed by atoms with Crippen molar-refractivity contribution in [2.75, 3.05) is 26.7 Å². The Morgan fingerprint density at radius 2 is 2.08 bits per heavy atom. The van der Waals surface area contributed by atoms with Gasteiger partial charge in [-0.15, -0.1) is 0 Å².